The third-order valence-electron chi connectivity index (χ3n) is 3.80. The lowest BCUT2D eigenvalue weighted by atomic mass is 10.1. The highest BCUT2D eigenvalue weighted by Crippen LogP contribution is 2.22. The summed E-state index contributed by atoms with van der Waals surface area (Å²) in [6.45, 7) is 1.23. The van der Waals surface area contributed by atoms with E-state index in [9.17, 15) is 4.79 Å². The molecule has 1 amide bonds. The smallest absolute Gasteiger partial charge is 0.257 e. The molecule has 1 aliphatic rings. The number of likely N-dealkylation sites (tertiary alicyclic amines) is 1. The zero-order valence-corrected chi connectivity index (χ0v) is 13.1. The SMILES string of the molecule is N#Cc1cc(C(=O)N2CCC(Oc3ccc(Cl)cc3)CC2)co1. The van der Waals surface area contributed by atoms with Gasteiger partial charge in [0.2, 0.25) is 5.76 Å². The molecule has 1 aromatic carbocycles. The number of hydrogen-bond acceptors (Lipinski definition) is 4. The number of carbonyl (C=O) groups is 1. The molecule has 0 radical (unpaired) electrons. The van der Waals surface area contributed by atoms with E-state index in [-0.39, 0.29) is 17.8 Å². The summed E-state index contributed by atoms with van der Waals surface area (Å²) in [5.41, 5.74) is 0.415. The van der Waals surface area contributed by atoms with Crippen molar-refractivity contribution >= 4 is 17.5 Å². The number of nitriles is 1. The van der Waals surface area contributed by atoms with Gasteiger partial charge in [-0.2, -0.15) is 5.26 Å². The van der Waals surface area contributed by atoms with E-state index >= 15 is 0 Å². The van der Waals surface area contributed by atoms with E-state index in [0.29, 0.717) is 23.7 Å². The Kier molecular flexibility index (Phi) is 4.54. The average molecular weight is 331 g/mol. The summed E-state index contributed by atoms with van der Waals surface area (Å²) >= 11 is 5.85. The fourth-order valence-corrected chi connectivity index (χ4v) is 2.70. The standard InChI is InChI=1S/C17H15ClN2O3/c18-13-1-3-14(4-2-13)23-15-5-7-20(8-6-15)17(21)12-9-16(10-19)22-11-12/h1-4,9,11,15H,5-8H2. The summed E-state index contributed by atoms with van der Waals surface area (Å²) in [5.74, 6) is 0.821. The molecule has 0 saturated carbocycles. The first-order valence-corrected chi connectivity index (χ1v) is 7.73. The Morgan fingerprint density at radius 3 is 2.61 bits per heavy atom. The van der Waals surface area contributed by atoms with E-state index < -0.39 is 0 Å². The molecule has 6 heteroatoms. The number of nitrogens with zero attached hydrogens (tertiary/aromatic N) is 2. The second kappa shape index (κ2) is 6.76. The summed E-state index contributed by atoms with van der Waals surface area (Å²) in [6.07, 6.45) is 2.94. The molecule has 0 unspecified atom stereocenters. The maximum atomic E-state index is 12.3. The number of rotatable bonds is 3. The van der Waals surface area contributed by atoms with Crippen molar-refractivity contribution in [3.05, 3.63) is 52.9 Å². The second-order valence-corrected chi connectivity index (χ2v) is 5.81. The van der Waals surface area contributed by atoms with Gasteiger partial charge in [-0.15, -0.1) is 0 Å². The number of carbonyl (C=O) groups excluding carboxylic acids is 1. The number of halogens is 1. The number of hydrogen-bond donors (Lipinski definition) is 0. The van der Waals surface area contributed by atoms with Crippen molar-refractivity contribution in [2.24, 2.45) is 0 Å². The summed E-state index contributed by atoms with van der Waals surface area (Å²) in [7, 11) is 0. The zero-order valence-electron chi connectivity index (χ0n) is 12.4. The van der Waals surface area contributed by atoms with Crippen LogP contribution in [0, 0.1) is 11.3 Å². The Morgan fingerprint density at radius 1 is 1.30 bits per heavy atom. The van der Waals surface area contributed by atoms with E-state index in [2.05, 4.69) is 0 Å². The Balaban J connectivity index is 1.54. The number of ether oxygens (including phenoxy) is 1. The van der Waals surface area contributed by atoms with Crippen LogP contribution in [-0.4, -0.2) is 30.0 Å². The molecule has 3 rings (SSSR count). The molecule has 5 nitrogen and oxygen atoms in total. The predicted octanol–water partition coefficient (Wildman–Crippen LogP) is 3.49. The number of piperidine rings is 1. The molecule has 23 heavy (non-hydrogen) atoms. The van der Waals surface area contributed by atoms with Crippen molar-refractivity contribution in [1.82, 2.24) is 4.90 Å². The zero-order chi connectivity index (χ0) is 16.2. The Hall–Kier alpha value is -2.45. The maximum Gasteiger partial charge on any atom is 0.257 e. The van der Waals surface area contributed by atoms with Crippen LogP contribution in [0.3, 0.4) is 0 Å². The molecule has 0 bridgehead atoms. The van der Waals surface area contributed by atoms with Crippen LogP contribution in [0.1, 0.15) is 29.0 Å². The molecule has 0 atom stereocenters. The molecule has 0 aliphatic carbocycles. The first kappa shape index (κ1) is 15.4. The minimum Gasteiger partial charge on any atom is -0.490 e. The van der Waals surface area contributed by atoms with Crippen molar-refractivity contribution in [2.75, 3.05) is 13.1 Å². The summed E-state index contributed by atoms with van der Waals surface area (Å²) in [5, 5.41) is 9.42. The predicted molar refractivity (Wildman–Crippen MR) is 84.4 cm³/mol. The van der Waals surface area contributed by atoms with Crippen molar-refractivity contribution < 1.29 is 13.9 Å². The first-order chi connectivity index (χ1) is 11.2. The molecule has 1 aliphatic heterocycles. The monoisotopic (exact) mass is 330 g/mol. The Bertz CT molecular complexity index is 725. The van der Waals surface area contributed by atoms with Crippen LogP contribution in [0.25, 0.3) is 0 Å². The highest BCUT2D eigenvalue weighted by Gasteiger charge is 2.25. The third kappa shape index (κ3) is 3.66. The van der Waals surface area contributed by atoms with Crippen molar-refractivity contribution in [3.63, 3.8) is 0 Å². The largest absolute Gasteiger partial charge is 0.490 e. The molecule has 1 fully saturated rings. The number of furan rings is 1. The molecular weight excluding hydrogens is 316 g/mol. The highest BCUT2D eigenvalue weighted by molar-refractivity contribution is 6.30. The normalized spacial score (nSPS) is 15.2. The molecule has 118 valence electrons. The molecule has 1 saturated heterocycles. The minimum atomic E-state index is -0.111. The van der Waals surface area contributed by atoms with E-state index in [0.717, 1.165) is 18.6 Å². The summed E-state index contributed by atoms with van der Waals surface area (Å²) in [6, 6.07) is 10.6. The average Bonchev–Trinajstić information content (AvgIpc) is 3.06. The summed E-state index contributed by atoms with van der Waals surface area (Å²) in [4.78, 5) is 14.1. The maximum absolute atomic E-state index is 12.3. The van der Waals surface area contributed by atoms with Crippen LogP contribution in [0.5, 0.6) is 5.75 Å². The molecule has 0 N–H and O–H groups in total. The van der Waals surface area contributed by atoms with Gasteiger partial charge in [-0.05, 0) is 24.3 Å². The van der Waals surface area contributed by atoms with Crippen LogP contribution < -0.4 is 4.74 Å². The van der Waals surface area contributed by atoms with Crippen LogP contribution in [0.15, 0.2) is 41.0 Å². The van der Waals surface area contributed by atoms with Crippen LogP contribution in [0.4, 0.5) is 0 Å². The molecule has 0 spiro atoms. The Morgan fingerprint density at radius 2 is 2.00 bits per heavy atom. The fourth-order valence-electron chi connectivity index (χ4n) is 2.57. The van der Waals surface area contributed by atoms with Gasteiger partial charge in [0.25, 0.3) is 5.91 Å². The van der Waals surface area contributed by atoms with Crippen LogP contribution in [0.2, 0.25) is 5.02 Å². The number of amides is 1. The molecule has 2 heterocycles. The first-order valence-electron chi connectivity index (χ1n) is 7.36. The van der Waals surface area contributed by atoms with Gasteiger partial charge in [-0.1, -0.05) is 11.6 Å². The minimum absolute atomic E-state index is 0.0826. The van der Waals surface area contributed by atoms with Crippen LogP contribution >= 0.6 is 11.6 Å². The molecule has 2 aromatic rings. The van der Waals surface area contributed by atoms with Crippen molar-refractivity contribution in [1.29, 1.82) is 5.26 Å². The lowest BCUT2D eigenvalue weighted by Crippen LogP contribution is -2.41. The third-order valence-corrected chi connectivity index (χ3v) is 4.05. The van der Waals surface area contributed by atoms with Gasteiger partial charge in [0.1, 0.15) is 24.2 Å². The van der Waals surface area contributed by atoms with Gasteiger partial charge in [-0.25, -0.2) is 0 Å². The quantitative estimate of drug-likeness (QED) is 0.864. The molecular formula is C17H15ClN2O3. The van der Waals surface area contributed by atoms with E-state index in [1.807, 2.05) is 18.2 Å². The van der Waals surface area contributed by atoms with Gasteiger partial charge in [0.05, 0.1) is 5.56 Å². The molecule has 1 aromatic heterocycles. The van der Waals surface area contributed by atoms with E-state index in [1.165, 1.54) is 12.3 Å². The van der Waals surface area contributed by atoms with E-state index in [1.54, 1.807) is 17.0 Å². The fraction of sp³-hybridized carbons (Fsp3) is 0.294. The van der Waals surface area contributed by atoms with Gasteiger partial charge >= 0.3 is 0 Å². The van der Waals surface area contributed by atoms with Gasteiger partial charge in [0.15, 0.2) is 0 Å². The summed E-state index contributed by atoms with van der Waals surface area (Å²) < 4.78 is 10.9. The van der Waals surface area contributed by atoms with Gasteiger partial charge in [0, 0.05) is 37.0 Å². The lowest BCUT2D eigenvalue weighted by molar-refractivity contribution is 0.0595. The second-order valence-electron chi connectivity index (χ2n) is 5.37. The van der Waals surface area contributed by atoms with Crippen molar-refractivity contribution in [3.8, 4) is 11.8 Å². The van der Waals surface area contributed by atoms with E-state index in [4.69, 9.17) is 26.0 Å². The van der Waals surface area contributed by atoms with Gasteiger partial charge in [-0.3, -0.25) is 4.79 Å². The topological polar surface area (TPSA) is 66.5 Å². The number of benzene rings is 1. The lowest BCUT2D eigenvalue weighted by Gasteiger charge is -2.32. The van der Waals surface area contributed by atoms with Crippen LogP contribution in [-0.2, 0) is 0 Å². The Labute approximate surface area is 139 Å². The highest BCUT2D eigenvalue weighted by atomic mass is 35.5. The van der Waals surface area contributed by atoms with Gasteiger partial charge < -0.3 is 14.1 Å². The van der Waals surface area contributed by atoms with Crippen molar-refractivity contribution in [2.45, 2.75) is 18.9 Å².